The van der Waals surface area contributed by atoms with Crippen molar-refractivity contribution in [3.05, 3.63) is 29.3 Å². The Morgan fingerprint density at radius 3 is 2.50 bits per heavy atom. The molecule has 4 aliphatic carbocycles. The van der Waals surface area contributed by atoms with Crippen LogP contribution in [0.15, 0.2) is 24.3 Å². The van der Waals surface area contributed by atoms with Crippen molar-refractivity contribution in [1.82, 2.24) is 5.32 Å². The van der Waals surface area contributed by atoms with E-state index in [1.165, 1.54) is 0 Å². The molecule has 0 heterocycles. The number of amides is 1. The molecule has 7 heteroatoms. The van der Waals surface area contributed by atoms with Crippen LogP contribution in [0.25, 0.3) is 0 Å². The molecule has 0 atom stereocenters. The van der Waals surface area contributed by atoms with Gasteiger partial charge in [0.25, 0.3) is 5.91 Å². The van der Waals surface area contributed by atoms with Gasteiger partial charge in [0.15, 0.2) is 12.4 Å². The number of ether oxygens (including phenoxy) is 2. The molecule has 0 radical (unpaired) electrons. The lowest BCUT2D eigenvalue weighted by atomic mass is 9.38. The van der Waals surface area contributed by atoms with Crippen LogP contribution in [0.3, 0.4) is 0 Å². The number of hydrogen-bond acceptors (Lipinski definition) is 5. The molecule has 4 saturated carbocycles. The maximum Gasteiger partial charge on any atom is 0.258 e. The molecule has 0 saturated heterocycles. The third kappa shape index (κ3) is 4.01. The molecule has 28 heavy (non-hydrogen) atoms. The summed E-state index contributed by atoms with van der Waals surface area (Å²) in [6.45, 7) is 0.104. The van der Waals surface area contributed by atoms with Crippen molar-refractivity contribution in [3.8, 4) is 11.8 Å². The predicted octanol–water partition coefficient (Wildman–Crippen LogP) is 3.04. The second-order valence-corrected chi connectivity index (χ2v) is 8.98. The zero-order chi connectivity index (χ0) is 19.8. The van der Waals surface area contributed by atoms with Crippen molar-refractivity contribution < 1.29 is 19.1 Å². The van der Waals surface area contributed by atoms with Crippen molar-refractivity contribution in [2.45, 2.75) is 50.2 Å². The Morgan fingerprint density at radius 1 is 1.18 bits per heavy atom. The molecule has 4 fully saturated rings. The second kappa shape index (κ2) is 7.38. The normalized spacial score (nSPS) is 32.1. The molecule has 1 N–H and O–H groups in total. The van der Waals surface area contributed by atoms with E-state index in [4.69, 9.17) is 26.3 Å². The molecule has 0 aromatic heterocycles. The van der Waals surface area contributed by atoms with Crippen molar-refractivity contribution in [3.63, 3.8) is 0 Å². The maximum absolute atomic E-state index is 12.2. The molecular formula is C21H23ClN2O4. The highest BCUT2D eigenvalue weighted by atomic mass is 35.5. The third-order valence-corrected chi connectivity index (χ3v) is 6.31. The van der Waals surface area contributed by atoms with E-state index in [0.717, 1.165) is 32.1 Å². The Balaban J connectivity index is 1.12. The zero-order valence-corrected chi connectivity index (χ0v) is 16.3. The number of benzene rings is 1. The van der Waals surface area contributed by atoms with Gasteiger partial charge in [0.05, 0.1) is 18.1 Å². The van der Waals surface area contributed by atoms with Gasteiger partial charge in [-0.1, -0.05) is 11.6 Å². The first-order valence-corrected chi connectivity index (χ1v) is 9.99. The van der Waals surface area contributed by atoms with Crippen LogP contribution >= 0.6 is 11.6 Å². The highest BCUT2D eigenvalue weighted by molar-refractivity contribution is 6.30. The topological polar surface area (TPSA) is 88.4 Å². The summed E-state index contributed by atoms with van der Waals surface area (Å²) in [6, 6.07) is 9.09. The van der Waals surface area contributed by atoms with Crippen LogP contribution in [0.4, 0.5) is 0 Å². The smallest absolute Gasteiger partial charge is 0.258 e. The second-order valence-electron chi connectivity index (χ2n) is 8.55. The van der Waals surface area contributed by atoms with Crippen molar-refractivity contribution in [2.75, 3.05) is 13.2 Å². The summed E-state index contributed by atoms with van der Waals surface area (Å²) in [4.78, 5) is 24.3. The molecule has 1 amide bonds. The summed E-state index contributed by atoms with van der Waals surface area (Å²) in [7, 11) is 0. The summed E-state index contributed by atoms with van der Waals surface area (Å²) in [5, 5.41) is 12.4. The number of nitriles is 1. The minimum absolute atomic E-state index is 0.0335. The quantitative estimate of drug-likeness (QED) is 0.685. The lowest BCUT2D eigenvalue weighted by molar-refractivity contribution is -0.175. The number of nitrogens with one attached hydrogen (secondary N) is 1. The average Bonchev–Trinajstić information content (AvgIpc) is 2.57. The number of Topliss-reactive ketones (excluding diaryl/α,β-unsaturated/α-hetero) is 1. The molecule has 2 bridgehead atoms. The number of halogens is 1. The highest BCUT2D eigenvalue weighted by Gasteiger charge is 2.68. The fraction of sp³-hybridized carbons (Fsp3) is 0.571. The number of ketones is 1. The van der Waals surface area contributed by atoms with Gasteiger partial charge in [-0.05, 0) is 61.8 Å². The zero-order valence-electron chi connectivity index (χ0n) is 15.6. The van der Waals surface area contributed by atoms with Crippen LogP contribution in [0.5, 0.6) is 5.75 Å². The fourth-order valence-corrected chi connectivity index (χ4v) is 4.94. The Hall–Kier alpha value is -2.10. The molecule has 0 unspecified atom stereocenters. The van der Waals surface area contributed by atoms with E-state index < -0.39 is 0 Å². The van der Waals surface area contributed by atoms with Gasteiger partial charge in [-0.3, -0.25) is 9.59 Å². The third-order valence-electron chi connectivity index (χ3n) is 6.06. The number of nitrogens with zero attached hydrogens (tertiary/aromatic N) is 1. The maximum atomic E-state index is 12.2. The van der Waals surface area contributed by atoms with E-state index in [1.54, 1.807) is 24.3 Å². The molecule has 0 aliphatic heterocycles. The summed E-state index contributed by atoms with van der Waals surface area (Å²) >= 11 is 5.82. The van der Waals surface area contributed by atoms with Gasteiger partial charge in [0, 0.05) is 17.0 Å². The summed E-state index contributed by atoms with van der Waals surface area (Å²) in [5.41, 5.74) is -0.116. The summed E-state index contributed by atoms with van der Waals surface area (Å²) in [6.07, 6.45) is 4.59. The van der Waals surface area contributed by atoms with E-state index in [2.05, 4.69) is 11.4 Å². The van der Waals surface area contributed by atoms with E-state index in [0.29, 0.717) is 17.2 Å². The number of carbonyl (C=O) groups excluding carboxylic acids is 2. The molecule has 6 nitrogen and oxygen atoms in total. The predicted molar refractivity (Wildman–Crippen MR) is 102 cm³/mol. The van der Waals surface area contributed by atoms with Gasteiger partial charge in [0.2, 0.25) is 0 Å². The molecule has 4 aliphatic rings. The van der Waals surface area contributed by atoms with Gasteiger partial charge >= 0.3 is 0 Å². The van der Waals surface area contributed by atoms with Crippen LogP contribution < -0.4 is 10.1 Å². The van der Waals surface area contributed by atoms with Crippen LogP contribution in [0.1, 0.15) is 38.5 Å². The lowest BCUT2D eigenvalue weighted by Crippen LogP contribution is -2.75. The number of rotatable bonds is 9. The average molecular weight is 403 g/mol. The Labute approximate surface area is 169 Å². The summed E-state index contributed by atoms with van der Waals surface area (Å²) < 4.78 is 11.0. The van der Waals surface area contributed by atoms with E-state index >= 15 is 0 Å². The Bertz CT molecular complexity index is 791. The summed E-state index contributed by atoms with van der Waals surface area (Å²) in [5.74, 6) is 0.665. The molecule has 1 aromatic carbocycles. The monoisotopic (exact) mass is 402 g/mol. The molecular weight excluding hydrogens is 380 g/mol. The van der Waals surface area contributed by atoms with Gasteiger partial charge in [-0.2, -0.15) is 5.26 Å². The minimum atomic E-state index is -0.157. The van der Waals surface area contributed by atoms with Gasteiger partial charge < -0.3 is 14.8 Å². The Morgan fingerprint density at radius 2 is 1.86 bits per heavy atom. The minimum Gasteiger partial charge on any atom is -0.484 e. The first kappa shape index (κ1) is 19.2. The molecule has 5 rings (SSSR count). The van der Waals surface area contributed by atoms with Gasteiger partial charge in [-0.25, -0.2) is 0 Å². The standard InChI is InChI=1S/C21H23ClN2O4/c22-15-1-3-17(4-2-15)28-10-19(26)24-21-11-20(12-21,13-21)7-16(25)9-27-18-5-14(6-18)8-23/h1-4,14,18H,5-7,9-13H2,(H,24,26). The first-order valence-electron chi connectivity index (χ1n) is 9.62. The van der Waals surface area contributed by atoms with Crippen molar-refractivity contribution in [1.29, 1.82) is 5.26 Å². The SMILES string of the molecule is N#CC1CC(OCC(=O)CC23CC(NC(=O)COc4ccc(Cl)cc4)(C2)C3)C1. The van der Waals surface area contributed by atoms with E-state index in [9.17, 15) is 9.59 Å². The molecule has 1 aromatic rings. The number of carbonyl (C=O) groups is 2. The Kier molecular flexibility index (Phi) is 5.07. The van der Waals surface area contributed by atoms with Crippen LogP contribution in [-0.4, -0.2) is 36.5 Å². The fourth-order valence-electron chi connectivity index (χ4n) is 4.82. The molecule has 0 spiro atoms. The van der Waals surface area contributed by atoms with Crippen LogP contribution in [0.2, 0.25) is 5.02 Å². The van der Waals surface area contributed by atoms with Gasteiger partial charge in [0.1, 0.15) is 12.4 Å². The van der Waals surface area contributed by atoms with Crippen molar-refractivity contribution in [2.24, 2.45) is 11.3 Å². The first-order chi connectivity index (χ1) is 13.4. The van der Waals surface area contributed by atoms with Crippen LogP contribution in [-0.2, 0) is 14.3 Å². The van der Waals surface area contributed by atoms with E-state index in [-0.39, 0.29) is 47.9 Å². The van der Waals surface area contributed by atoms with Crippen molar-refractivity contribution >= 4 is 23.3 Å². The van der Waals surface area contributed by atoms with E-state index in [1.807, 2.05) is 0 Å². The van der Waals surface area contributed by atoms with Gasteiger partial charge in [-0.15, -0.1) is 0 Å². The lowest BCUT2D eigenvalue weighted by Gasteiger charge is -2.70. The largest absolute Gasteiger partial charge is 0.484 e. The highest BCUT2D eigenvalue weighted by Crippen LogP contribution is 2.69. The number of hydrogen-bond donors (Lipinski definition) is 1. The van der Waals surface area contributed by atoms with Crippen LogP contribution in [0, 0.1) is 22.7 Å². The molecule has 148 valence electrons.